The van der Waals surface area contributed by atoms with Gasteiger partial charge in [0.25, 0.3) is 0 Å². The average molecular weight is 469 g/mol. The fraction of sp³-hybridized carbons (Fsp3) is 0.500. The van der Waals surface area contributed by atoms with E-state index in [0.29, 0.717) is 23.7 Å². The first kappa shape index (κ1) is 25.8. The number of hydrogen-bond donors (Lipinski definition) is 1. The average Bonchev–Trinajstić information content (AvgIpc) is 2.78. The van der Waals surface area contributed by atoms with Crippen LogP contribution in [0.3, 0.4) is 0 Å². The van der Waals surface area contributed by atoms with E-state index in [0.717, 1.165) is 23.1 Å². The topological polar surface area (TPSA) is 72.8 Å². The minimum Gasteiger partial charge on any atom is -0.507 e. The Balaban J connectivity index is 1.73. The first-order valence-corrected chi connectivity index (χ1v) is 12.3. The molecular formula is C28H38NO5+. The highest BCUT2D eigenvalue weighted by molar-refractivity contribution is 6.30. The van der Waals surface area contributed by atoms with Crippen molar-refractivity contribution in [1.82, 2.24) is 0 Å². The lowest BCUT2D eigenvalue weighted by atomic mass is 9.82. The van der Waals surface area contributed by atoms with Crippen molar-refractivity contribution in [1.29, 1.82) is 0 Å². The molecule has 6 nitrogen and oxygen atoms in total. The van der Waals surface area contributed by atoms with E-state index in [4.69, 9.17) is 9.47 Å². The zero-order chi connectivity index (χ0) is 24.9. The Morgan fingerprint density at radius 1 is 0.853 bits per heavy atom. The summed E-state index contributed by atoms with van der Waals surface area (Å²) in [6, 6.07) is 6.36. The number of ketones is 2. The van der Waals surface area contributed by atoms with Crippen LogP contribution < -0.4 is 9.47 Å². The Hall–Kier alpha value is -2.86. The summed E-state index contributed by atoms with van der Waals surface area (Å²) in [4.78, 5) is 26.6. The van der Waals surface area contributed by atoms with Crippen molar-refractivity contribution >= 4 is 11.6 Å². The van der Waals surface area contributed by atoms with Crippen LogP contribution in [0.2, 0.25) is 0 Å². The molecule has 34 heavy (non-hydrogen) atoms. The Bertz CT molecular complexity index is 1060. The van der Waals surface area contributed by atoms with E-state index in [1.807, 2.05) is 6.92 Å². The van der Waals surface area contributed by atoms with Crippen molar-refractivity contribution in [2.45, 2.75) is 52.4 Å². The molecule has 1 N–H and O–H groups in total. The van der Waals surface area contributed by atoms with Gasteiger partial charge in [0.15, 0.2) is 5.78 Å². The number of hydrogen-bond acceptors (Lipinski definition) is 5. The van der Waals surface area contributed by atoms with Crippen LogP contribution in [-0.4, -0.2) is 62.1 Å². The fourth-order valence-electron chi connectivity index (χ4n) is 4.52. The lowest BCUT2D eigenvalue weighted by molar-refractivity contribution is -0.890. The van der Waals surface area contributed by atoms with Crippen LogP contribution in [0.5, 0.6) is 17.2 Å². The molecule has 0 saturated carbocycles. The number of rotatable bonds is 12. The number of phenolic OH excluding ortho intramolecular Hbond substituents is 1. The van der Waals surface area contributed by atoms with Gasteiger partial charge in [0.2, 0.25) is 5.78 Å². The first-order valence-electron chi connectivity index (χ1n) is 12.3. The molecule has 3 rings (SSSR count). The summed E-state index contributed by atoms with van der Waals surface area (Å²) < 4.78 is 12.1. The zero-order valence-corrected chi connectivity index (χ0v) is 21.2. The van der Waals surface area contributed by atoms with Gasteiger partial charge < -0.3 is 19.1 Å². The fourth-order valence-corrected chi connectivity index (χ4v) is 4.52. The van der Waals surface area contributed by atoms with Crippen LogP contribution in [-0.2, 0) is 0 Å². The number of likely N-dealkylation sites (N-methyl/N-ethyl adjacent to an activating group) is 1. The summed E-state index contributed by atoms with van der Waals surface area (Å²) in [6.45, 7) is 6.40. The van der Waals surface area contributed by atoms with Crippen LogP contribution in [0.25, 0.3) is 0 Å². The smallest absolute Gasteiger partial charge is 0.201 e. The minimum atomic E-state index is -0.402. The molecular weight excluding hydrogens is 430 g/mol. The highest BCUT2D eigenvalue weighted by Crippen LogP contribution is 2.39. The molecule has 0 atom stereocenters. The second-order valence-corrected chi connectivity index (χ2v) is 9.91. The molecule has 0 spiro atoms. The van der Waals surface area contributed by atoms with Gasteiger partial charge in [0, 0.05) is 17.2 Å². The van der Waals surface area contributed by atoms with E-state index in [2.05, 4.69) is 21.0 Å². The Labute approximate surface area is 203 Å². The van der Waals surface area contributed by atoms with E-state index in [1.165, 1.54) is 57.8 Å². The number of quaternary nitrogens is 1. The maximum absolute atomic E-state index is 13.4. The highest BCUT2D eigenvalue weighted by Gasteiger charge is 2.35. The second kappa shape index (κ2) is 11.0. The van der Waals surface area contributed by atoms with E-state index < -0.39 is 5.78 Å². The van der Waals surface area contributed by atoms with Crippen LogP contribution in [0, 0.1) is 6.92 Å². The summed E-state index contributed by atoms with van der Waals surface area (Å²) >= 11 is 0. The maximum atomic E-state index is 13.4. The molecule has 0 fully saturated rings. The van der Waals surface area contributed by atoms with Crippen molar-refractivity contribution < 1.29 is 28.7 Å². The number of phenols is 1. The van der Waals surface area contributed by atoms with Gasteiger partial charge in [-0.1, -0.05) is 32.6 Å². The van der Waals surface area contributed by atoms with Gasteiger partial charge in [-0.3, -0.25) is 9.59 Å². The van der Waals surface area contributed by atoms with Crippen LogP contribution in [0.15, 0.2) is 24.3 Å². The van der Waals surface area contributed by atoms with Crippen molar-refractivity contribution in [3.05, 3.63) is 52.1 Å². The second-order valence-electron chi connectivity index (χ2n) is 9.91. The lowest BCUT2D eigenvalue weighted by Crippen LogP contribution is -2.43. The van der Waals surface area contributed by atoms with Gasteiger partial charge in [-0.2, -0.15) is 0 Å². The molecule has 0 aliphatic heterocycles. The van der Waals surface area contributed by atoms with Crippen molar-refractivity contribution in [3.8, 4) is 17.2 Å². The normalized spacial score (nSPS) is 13.0. The molecule has 0 saturated heterocycles. The molecule has 1 aliphatic rings. The van der Waals surface area contributed by atoms with Gasteiger partial charge in [-0.15, -0.1) is 0 Å². The zero-order valence-electron chi connectivity index (χ0n) is 21.2. The SMILES string of the molecule is CCCCCCCC[N+](C)(C)CCOc1cc(C)cc2c1C(=O)c1c(O)cc(OC)cc1C2=O. The van der Waals surface area contributed by atoms with Crippen molar-refractivity contribution in [3.63, 3.8) is 0 Å². The number of carbonyl (C=O) groups is 2. The number of aromatic hydroxyl groups is 1. The Morgan fingerprint density at radius 3 is 2.24 bits per heavy atom. The van der Waals surface area contributed by atoms with Crippen LogP contribution in [0.4, 0.5) is 0 Å². The molecule has 0 amide bonds. The summed E-state index contributed by atoms with van der Waals surface area (Å²) in [7, 11) is 5.84. The third-order valence-corrected chi connectivity index (χ3v) is 6.59. The number of carbonyl (C=O) groups excluding carboxylic acids is 2. The lowest BCUT2D eigenvalue weighted by Gasteiger charge is -2.30. The quantitative estimate of drug-likeness (QED) is 0.288. The highest BCUT2D eigenvalue weighted by atomic mass is 16.5. The van der Waals surface area contributed by atoms with Gasteiger partial charge in [0.1, 0.15) is 30.4 Å². The number of unbranched alkanes of at least 4 members (excludes halogenated alkanes) is 5. The predicted molar refractivity (Wildman–Crippen MR) is 133 cm³/mol. The molecule has 6 heteroatoms. The number of nitrogens with zero attached hydrogens (tertiary/aromatic N) is 1. The van der Waals surface area contributed by atoms with Gasteiger partial charge >= 0.3 is 0 Å². The van der Waals surface area contributed by atoms with Gasteiger partial charge in [0.05, 0.1) is 38.9 Å². The van der Waals surface area contributed by atoms with Crippen molar-refractivity contribution in [2.24, 2.45) is 0 Å². The number of methoxy groups -OCH3 is 1. The first-order chi connectivity index (χ1) is 16.2. The standard InChI is InChI=1S/C28H37NO5/c1-6-7-8-9-10-11-12-29(3,4)13-14-34-24-16-19(2)15-21-26(24)28(32)25-22(27(21)31)17-20(33-5)18-23(25)30/h15-18H,6-14H2,1-5H3/p+1. The van der Waals surface area contributed by atoms with E-state index in [-0.39, 0.29) is 28.2 Å². The molecule has 0 bridgehead atoms. The number of benzene rings is 2. The summed E-state index contributed by atoms with van der Waals surface area (Å²) in [5, 5.41) is 10.5. The molecule has 184 valence electrons. The predicted octanol–water partition coefficient (Wildman–Crippen LogP) is 5.30. The minimum absolute atomic E-state index is 0.00573. The summed E-state index contributed by atoms with van der Waals surface area (Å²) in [5.41, 5.74) is 1.53. The number of aryl methyl sites for hydroxylation is 1. The summed E-state index contributed by atoms with van der Waals surface area (Å²) in [5.74, 6) is -0.252. The Morgan fingerprint density at radius 2 is 1.53 bits per heavy atom. The molecule has 1 aliphatic carbocycles. The summed E-state index contributed by atoms with van der Waals surface area (Å²) in [6.07, 6.45) is 7.60. The monoisotopic (exact) mass is 468 g/mol. The third-order valence-electron chi connectivity index (χ3n) is 6.59. The molecule has 2 aromatic rings. The third kappa shape index (κ3) is 5.79. The van der Waals surface area contributed by atoms with Crippen LogP contribution >= 0.6 is 0 Å². The Kier molecular flexibility index (Phi) is 8.37. The van der Waals surface area contributed by atoms with Gasteiger partial charge in [-0.05, 0) is 43.5 Å². The molecule has 0 heterocycles. The largest absolute Gasteiger partial charge is 0.507 e. The molecule has 0 unspecified atom stereocenters. The van der Waals surface area contributed by atoms with E-state index in [1.54, 1.807) is 12.1 Å². The number of ether oxygens (including phenoxy) is 2. The maximum Gasteiger partial charge on any atom is 0.201 e. The van der Waals surface area contributed by atoms with Crippen molar-refractivity contribution in [2.75, 3.05) is 40.9 Å². The molecule has 0 aromatic heterocycles. The molecule has 2 aromatic carbocycles. The molecule has 0 radical (unpaired) electrons. The van der Waals surface area contributed by atoms with Crippen LogP contribution in [0.1, 0.15) is 82.9 Å². The van der Waals surface area contributed by atoms with Gasteiger partial charge in [-0.25, -0.2) is 0 Å². The number of fused-ring (bicyclic) bond motifs is 2. The van der Waals surface area contributed by atoms with E-state index >= 15 is 0 Å². The van der Waals surface area contributed by atoms with E-state index in [9.17, 15) is 14.7 Å².